The molecule has 8 nitrogen and oxygen atoms in total. The van der Waals surface area contributed by atoms with Gasteiger partial charge in [0.2, 0.25) is 0 Å². The summed E-state index contributed by atoms with van der Waals surface area (Å²) in [6.45, 7) is 3.63. The summed E-state index contributed by atoms with van der Waals surface area (Å²) in [5.74, 6) is -0.812. The Morgan fingerprint density at radius 1 is 0.654 bits per heavy atom. The molecule has 0 atom stereocenters. The number of ether oxygens (including phenoxy) is 2. The third kappa shape index (κ3) is 5.76. The highest BCUT2D eigenvalue weighted by molar-refractivity contribution is 8.19. The van der Waals surface area contributed by atoms with Crippen molar-refractivity contribution in [3.05, 3.63) is 47.5 Å². The first-order valence-electron chi connectivity index (χ1n) is 7.40. The lowest BCUT2D eigenvalue weighted by Crippen LogP contribution is -2.10. The second-order valence-corrected chi connectivity index (χ2v) is 8.69. The second kappa shape index (κ2) is 8.03. The zero-order valence-electron chi connectivity index (χ0n) is 14.2. The average Bonchev–Trinajstić information content (AvgIpc) is 2.50. The van der Waals surface area contributed by atoms with Crippen LogP contribution in [0, 0.1) is 13.8 Å². The smallest absolute Gasteiger partial charge is 0.185 e. The molecule has 26 heavy (non-hydrogen) atoms. The Balaban J connectivity index is 2.50. The molecule has 2 aromatic rings. The summed E-state index contributed by atoms with van der Waals surface area (Å²) >= 11 is 0. The number of aryl methyl sites for hydroxylation is 2. The van der Waals surface area contributed by atoms with Crippen LogP contribution in [-0.4, -0.2) is 39.2 Å². The van der Waals surface area contributed by atoms with Gasteiger partial charge in [0.05, 0.1) is 0 Å². The zero-order valence-corrected chi connectivity index (χ0v) is 15.8. The first-order valence-corrected chi connectivity index (χ1v) is 10.7. The van der Waals surface area contributed by atoms with Crippen LogP contribution < -0.4 is 9.47 Å². The molecule has 0 bridgehead atoms. The van der Waals surface area contributed by atoms with Gasteiger partial charge in [0.15, 0.2) is 11.9 Å². The summed E-state index contributed by atoms with van der Waals surface area (Å²) < 4.78 is 65.7. The van der Waals surface area contributed by atoms with Gasteiger partial charge in [0, 0.05) is 11.1 Å². The first-order chi connectivity index (χ1) is 12.0. The Bertz CT molecular complexity index is 702. The standard InChI is InChI=1S/C16H22O8S2/c1-11-5-3-7-13(23-9-25(17,18)19)15(11)16-12(2)6-4-8-14(16)24-10-26(20,21)22/h3-8,17-22H,9-10H2,1-2H3. The summed E-state index contributed by atoms with van der Waals surface area (Å²) in [5, 5.41) is 0. The quantitative estimate of drug-likeness (QED) is 0.374. The minimum Gasteiger partial charge on any atom is -0.477 e. The fourth-order valence-electron chi connectivity index (χ4n) is 2.45. The Morgan fingerprint density at radius 3 is 1.31 bits per heavy atom. The van der Waals surface area contributed by atoms with Crippen LogP contribution in [0.5, 0.6) is 11.5 Å². The fourth-order valence-corrected chi connectivity index (χ4v) is 3.02. The Labute approximate surface area is 154 Å². The summed E-state index contributed by atoms with van der Waals surface area (Å²) in [6.07, 6.45) is 0. The highest BCUT2D eigenvalue weighted by Crippen LogP contribution is 2.44. The van der Waals surface area contributed by atoms with Crippen LogP contribution in [-0.2, 0) is 0 Å². The lowest BCUT2D eigenvalue weighted by atomic mass is 9.95. The van der Waals surface area contributed by atoms with Crippen molar-refractivity contribution in [1.29, 1.82) is 0 Å². The molecule has 0 fully saturated rings. The van der Waals surface area contributed by atoms with Crippen LogP contribution in [0.2, 0.25) is 0 Å². The van der Waals surface area contributed by atoms with Crippen molar-refractivity contribution in [1.82, 2.24) is 0 Å². The third-order valence-electron chi connectivity index (χ3n) is 3.46. The molecule has 0 aliphatic rings. The van der Waals surface area contributed by atoms with Gasteiger partial charge in [-0.2, -0.15) is 0 Å². The fraction of sp³-hybridized carbons (Fsp3) is 0.250. The van der Waals surface area contributed by atoms with Gasteiger partial charge in [-0.05, 0) is 37.1 Å². The highest BCUT2D eigenvalue weighted by atomic mass is 32.3. The van der Waals surface area contributed by atoms with Crippen molar-refractivity contribution in [2.75, 3.05) is 11.9 Å². The van der Waals surface area contributed by atoms with Crippen LogP contribution in [0.1, 0.15) is 11.1 Å². The van der Waals surface area contributed by atoms with Gasteiger partial charge in [-0.25, -0.2) is 0 Å². The molecule has 0 spiro atoms. The van der Waals surface area contributed by atoms with Crippen molar-refractivity contribution < 1.29 is 36.8 Å². The summed E-state index contributed by atoms with van der Waals surface area (Å²) in [6, 6.07) is 10.2. The van der Waals surface area contributed by atoms with Gasteiger partial charge in [-0.1, -0.05) is 24.3 Å². The van der Waals surface area contributed by atoms with E-state index in [0.29, 0.717) is 11.1 Å². The predicted octanol–water partition coefficient (Wildman–Crippen LogP) is 5.09. The van der Waals surface area contributed by atoms with Crippen LogP contribution in [0.3, 0.4) is 0 Å². The van der Waals surface area contributed by atoms with E-state index >= 15 is 0 Å². The van der Waals surface area contributed by atoms with E-state index in [9.17, 15) is 0 Å². The van der Waals surface area contributed by atoms with Crippen molar-refractivity contribution in [3.8, 4) is 22.6 Å². The first kappa shape index (κ1) is 20.8. The molecule has 6 N–H and O–H groups in total. The van der Waals surface area contributed by atoms with Crippen LogP contribution in [0.15, 0.2) is 36.4 Å². The molecule has 0 aliphatic carbocycles. The molecule has 0 radical (unpaired) electrons. The van der Waals surface area contributed by atoms with Gasteiger partial charge in [-0.3, -0.25) is 0 Å². The third-order valence-corrected chi connectivity index (χ3v) is 4.33. The molecule has 0 heterocycles. The monoisotopic (exact) mass is 406 g/mol. The van der Waals surface area contributed by atoms with E-state index in [-0.39, 0.29) is 11.5 Å². The van der Waals surface area contributed by atoms with E-state index in [1.165, 1.54) is 0 Å². The maximum Gasteiger partial charge on any atom is 0.185 e. The molecule has 2 aromatic carbocycles. The Morgan fingerprint density at radius 2 is 1.00 bits per heavy atom. The van der Waals surface area contributed by atoms with Gasteiger partial charge < -0.3 is 36.8 Å². The molecule has 0 saturated heterocycles. The molecule has 0 saturated carbocycles. The van der Waals surface area contributed by atoms with Gasteiger partial charge in [0.25, 0.3) is 0 Å². The lowest BCUT2D eigenvalue weighted by Gasteiger charge is -2.24. The maximum absolute atomic E-state index is 9.16. The predicted molar refractivity (Wildman–Crippen MR) is 103 cm³/mol. The van der Waals surface area contributed by atoms with Crippen molar-refractivity contribution in [2.45, 2.75) is 13.8 Å². The number of hydrogen-bond donors (Lipinski definition) is 6. The maximum atomic E-state index is 9.16. The molecule has 146 valence electrons. The van der Waals surface area contributed by atoms with E-state index in [2.05, 4.69) is 0 Å². The largest absolute Gasteiger partial charge is 0.477 e. The van der Waals surface area contributed by atoms with Crippen molar-refractivity contribution in [2.24, 2.45) is 0 Å². The summed E-state index contributed by atoms with van der Waals surface area (Å²) in [7, 11) is -7.67. The number of hydrogen-bond acceptors (Lipinski definition) is 8. The van der Waals surface area contributed by atoms with Crippen molar-refractivity contribution >= 4 is 21.7 Å². The summed E-state index contributed by atoms with van der Waals surface area (Å²) in [4.78, 5) is 0. The van der Waals surface area contributed by atoms with Crippen molar-refractivity contribution in [3.63, 3.8) is 0 Å². The molecule has 2 rings (SSSR count). The molecular weight excluding hydrogens is 384 g/mol. The molecule has 0 unspecified atom stereocenters. The minimum atomic E-state index is -3.83. The lowest BCUT2D eigenvalue weighted by molar-refractivity contribution is 0.300. The second-order valence-electron chi connectivity index (χ2n) is 5.68. The summed E-state index contributed by atoms with van der Waals surface area (Å²) in [5.41, 5.74) is 2.73. The van der Waals surface area contributed by atoms with Gasteiger partial charge in [-0.15, -0.1) is 0 Å². The van der Waals surface area contributed by atoms with E-state index in [1.807, 2.05) is 26.0 Å². The SMILES string of the molecule is Cc1cccc(OCS(O)(O)O)c1-c1c(C)cccc1OCS(O)(O)O. The van der Waals surface area contributed by atoms with E-state index in [1.54, 1.807) is 24.3 Å². The normalized spacial score (nSPS) is 13.4. The van der Waals surface area contributed by atoms with Crippen LogP contribution in [0.25, 0.3) is 11.1 Å². The van der Waals surface area contributed by atoms with Crippen LogP contribution in [0.4, 0.5) is 0 Å². The van der Waals surface area contributed by atoms with E-state index < -0.39 is 33.6 Å². The number of rotatable bonds is 7. The minimum absolute atomic E-state index is 0.286. The Kier molecular flexibility index (Phi) is 6.42. The number of benzene rings is 2. The molecule has 0 aromatic heterocycles. The molecule has 0 aliphatic heterocycles. The zero-order chi connectivity index (χ0) is 19.5. The molecule has 0 amide bonds. The van der Waals surface area contributed by atoms with Crippen LogP contribution >= 0.6 is 21.7 Å². The highest BCUT2D eigenvalue weighted by Gasteiger charge is 2.21. The molecular formula is C16H22O8S2. The van der Waals surface area contributed by atoms with Gasteiger partial charge >= 0.3 is 0 Å². The van der Waals surface area contributed by atoms with E-state index in [0.717, 1.165) is 11.1 Å². The Hall–Kier alpha value is -1.50. The van der Waals surface area contributed by atoms with Gasteiger partial charge in [0.1, 0.15) is 33.2 Å². The van der Waals surface area contributed by atoms with E-state index in [4.69, 9.17) is 36.8 Å². The topological polar surface area (TPSA) is 140 Å². The average molecular weight is 406 g/mol. The molecule has 10 heteroatoms.